The molecule has 0 bridgehead atoms. The Morgan fingerprint density at radius 1 is 1.32 bits per heavy atom. The number of rotatable bonds is 3. The van der Waals surface area contributed by atoms with Crippen LogP contribution < -0.4 is 10.2 Å². The normalized spacial score (nSPS) is 25.4. The summed E-state index contributed by atoms with van der Waals surface area (Å²) in [5.41, 5.74) is 0.639. The van der Waals surface area contributed by atoms with Gasteiger partial charge in [-0.2, -0.15) is 0 Å². The molecule has 19 heavy (non-hydrogen) atoms. The predicted octanol–water partition coefficient (Wildman–Crippen LogP) is 3.18. The highest BCUT2D eigenvalue weighted by Gasteiger charge is 2.28. The number of nitrogens with one attached hydrogen (secondary N) is 1. The van der Waals surface area contributed by atoms with Crippen molar-refractivity contribution in [2.24, 2.45) is 5.92 Å². The van der Waals surface area contributed by atoms with Crippen LogP contribution in [-0.2, 0) is 0 Å². The highest BCUT2D eigenvalue weighted by atomic mass is 19.1. The molecule has 2 nitrogen and oxygen atoms in total. The van der Waals surface area contributed by atoms with Gasteiger partial charge in [0.2, 0.25) is 0 Å². The summed E-state index contributed by atoms with van der Waals surface area (Å²) in [7, 11) is 0. The summed E-state index contributed by atoms with van der Waals surface area (Å²) in [5.74, 6) is -0.477. The summed E-state index contributed by atoms with van der Waals surface area (Å²) in [5, 5.41) is 3.52. The van der Waals surface area contributed by atoms with Gasteiger partial charge in [-0.15, -0.1) is 0 Å². The van der Waals surface area contributed by atoms with Gasteiger partial charge in [-0.3, -0.25) is 0 Å². The van der Waals surface area contributed by atoms with E-state index >= 15 is 0 Å². The molecular formula is C15H22F2N2. The van der Waals surface area contributed by atoms with Gasteiger partial charge in [0.05, 0.1) is 0 Å². The fraction of sp³-hybridized carbons (Fsp3) is 0.600. The minimum atomic E-state index is -0.513. The fourth-order valence-electron chi connectivity index (χ4n) is 2.62. The van der Waals surface area contributed by atoms with Crippen LogP contribution >= 0.6 is 0 Å². The van der Waals surface area contributed by atoms with Gasteiger partial charge in [0, 0.05) is 36.9 Å². The number of hydrogen-bond donors (Lipinski definition) is 1. The molecule has 3 unspecified atom stereocenters. The van der Waals surface area contributed by atoms with E-state index in [2.05, 4.69) is 31.0 Å². The molecule has 1 aromatic carbocycles. The standard InChI is InChI=1S/C15H22F2N2/c1-4-10(2)15-9-19(11(3)8-18-15)14-6-12(16)5-13(17)7-14/h5-7,10-11,15,18H,4,8-9H2,1-3H3. The minimum absolute atomic E-state index is 0.238. The van der Waals surface area contributed by atoms with E-state index in [1.54, 1.807) is 0 Å². The zero-order valence-electron chi connectivity index (χ0n) is 11.8. The van der Waals surface area contributed by atoms with Crippen molar-refractivity contribution in [3.63, 3.8) is 0 Å². The van der Waals surface area contributed by atoms with Crippen LogP contribution in [0.15, 0.2) is 18.2 Å². The van der Waals surface area contributed by atoms with Crippen molar-refractivity contribution in [3.8, 4) is 0 Å². The first kappa shape index (κ1) is 14.3. The quantitative estimate of drug-likeness (QED) is 0.905. The zero-order chi connectivity index (χ0) is 14.0. The number of hydrogen-bond acceptors (Lipinski definition) is 2. The summed E-state index contributed by atoms with van der Waals surface area (Å²) in [6.45, 7) is 8.07. The number of nitrogens with zero attached hydrogens (tertiary/aromatic N) is 1. The topological polar surface area (TPSA) is 15.3 Å². The van der Waals surface area contributed by atoms with Gasteiger partial charge in [-0.1, -0.05) is 20.3 Å². The van der Waals surface area contributed by atoms with Crippen molar-refractivity contribution in [2.45, 2.75) is 39.3 Å². The van der Waals surface area contributed by atoms with Gasteiger partial charge < -0.3 is 10.2 Å². The molecule has 1 aliphatic rings. The third-order valence-corrected chi connectivity index (χ3v) is 4.11. The van der Waals surface area contributed by atoms with E-state index in [1.807, 2.05) is 0 Å². The van der Waals surface area contributed by atoms with Crippen LogP contribution in [-0.4, -0.2) is 25.2 Å². The third kappa shape index (κ3) is 3.24. The van der Waals surface area contributed by atoms with E-state index in [4.69, 9.17) is 0 Å². The predicted molar refractivity (Wildman–Crippen MR) is 74.4 cm³/mol. The van der Waals surface area contributed by atoms with Crippen molar-refractivity contribution >= 4 is 5.69 Å². The molecule has 1 heterocycles. The first-order valence-corrected chi connectivity index (χ1v) is 6.97. The largest absolute Gasteiger partial charge is 0.366 e. The molecule has 0 spiro atoms. The molecule has 2 rings (SSSR count). The van der Waals surface area contributed by atoms with Gasteiger partial charge in [0.15, 0.2) is 0 Å². The Hall–Kier alpha value is -1.16. The Morgan fingerprint density at radius 3 is 2.53 bits per heavy atom. The summed E-state index contributed by atoms with van der Waals surface area (Å²) in [6, 6.07) is 4.36. The van der Waals surface area contributed by atoms with Gasteiger partial charge in [0.1, 0.15) is 11.6 Å². The summed E-state index contributed by atoms with van der Waals surface area (Å²) < 4.78 is 26.7. The molecule has 0 radical (unpaired) electrons. The first-order valence-electron chi connectivity index (χ1n) is 6.97. The molecule has 0 aromatic heterocycles. The van der Waals surface area contributed by atoms with Crippen LogP contribution in [0.3, 0.4) is 0 Å². The van der Waals surface area contributed by atoms with Gasteiger partial charge in [0.25, 0.3) is 0 Å². The van der Waals surface area contributed by atoms with Crippen LogP contribution in [0, 0.1) is 17.6 Å². The van der Waals surface area contributed by atoms with Crippen molar-refractivity contribution in [1.82, 2.24) is 5.32 Å². The molecule has 4 heteroatoms. The highest BCUT2D eigenvalue weighted by molar-refractivity contribution is 5.48. The lowest BCUT2D eigenvalue weighted by atomic mass is 9.95. The fourth-order valence-corrected chi connectivity index (χ4v) is 2.62. The second kappa shape index (κ2) is 5.87. The smallest absolute Gasteiger partial charge is 0.128 e. The van der Waals surface area contributed by atoms with Crippen LogP contribution in [0.1, 0.15) is 27.2 Å². The maximum atomic E-state index is 13.3. The van der Waals surface area contributed by atoms with Gasteiger partial charge in [-0.25, -0.2) is 8.78 Å². The van der Waals surface area contributed by atoms with Crippen LogP contribution in [0.2, 0.25) is 0 Å². The maximum absolute atomic E-state index is 13.3. The van der Waals surface area contributed by atoms with Crippen molar-refractivity contribution < 1.29 is 8.78 Å². The average Bonchev–Trinajstić information content (AvgIpc) is 2.37. The molecule has 1 saturated heterocycles. The molecule has 1 aliphatic heterocycles. The lowest BCUT2D eigenvalue weighted by molar-refractivity contribution is 0.315. The van der Waals surface area contributed by atoms with Crippen LogP contribution in [0.25, 0.3) is 0 Å². The first-order chi connectivity index (χ1) is 9.01. The van der Waals surface area contributed by atoms with Gasteiger partial charge in [-0.05, 0) is 25.0 Å². The maximum Gasteiger partial charge on any atom is 0.128 e. The molecule has 1 N–H and O–H groups in total. The van der Waals surface area contributed by atoms with Crippen molar-refractivity contribution in [3.05, 3.63) is 29.8 Å². The zero-order valence-corrected chi connectivity index (χ0v) is 11.8. The lowest BCUT2D eigenvalue weighted by Gasteiger charge is -2.42. The molecule has 0 aliphatic carbocycles. The van der Waals surface area contributed by atoms with E-state index < -0.39 is 11.6 Å². The highest BCUT2D eigenvalue weighted by Crippen LogP contribution is 2.24. The Balaban J connectivity index is 2.20. The minimum Gasteiger partial charge on any atom is -0.366 e. The van der Waals surface area contributed by atoms with Crippen LogP contribution in [0.4, 0.5) is 14.5 Å². The molecule has 106 valence electrons. The lowest BCUT2D eigenvalue weighted by Crippen LogP contribution is -2.57. The molecule has 3 atom stereocenters. The molecule has 0 amide bonds. The molecule has 0 saturated carbocycles. The summed E-state index contributed by atoms with van der Waals surface area (Å²) in [4.78, 5) is 2.10. The number of benzene rings is 1. The van der Waals surface area contributed by atoms with Crippen LogP contribution in [0.5, 0.6) is 0 Å². The molecule has 1 fully saturated rings. The second-order valence-corrected chi connectivity index (χ2v) is 5.53. The number of piperazine rings is 1. The Morgan fingerprint density at radius 2 is 1.95 bits per heavy atom. The van der Waals surface area contributed by atoms with E-state index in [1.165, 1.54) is 12.1 Å². The summed E-state index contributed by atoms with van der Waals surface area (Å²) >= 11 is 0. The molecule has 1 aromatic rings. The second-order valence-electron chi connectivity index (χ2n) is 5.53. The SMILES string of the molecule is CCC(C)C1CN(c2cc(F)cc(F)c2)C(C)CN1. The van der Waals surface area contributed by atoms with Gasteiger partial charge >= 0.3 is 0 Å². The van der Waals surface area contributed by atoms with Crippen molar-refractivity contribution in [1.29, 1.82) is 0 Å². The monoisotopic (exact) mass is 268 g/mol. The van der Waals surface area contributed by atoms with E-state index in [-0.39, 0.29) is 6.04 Å². The van der Waals surface area contributed by atoms with E-state index in [0.29, 0.717) is 17.6 Å². The number of anilines is 1. The van der Waals surface area contributed by atoms with E-state index in [0.717, 1.165) is 25.6 Å². The Bertz CT molecular complexity index is 416. The Kier molecular flexibility index (Phi) is 4.40. The summed E-state index contributed by atoms with van der Waals surface area (Å²) in [6.07, 6.45) is 1.09. The Labute approximate surface area is 113 Å². The average molecular weight is 268 g/mol. The molecular weight excluding hydrogens is 246 g/mol. The third-order valence-electron chi connectivity index (χ3n) is 4.11. The van der Waals surface area contributed by atoms with Crippen molar-refractivity contribution in [2.75, 3.05) is 18.0 Å². The van der Waals surface area contributed by atoms with E-state index in [9.17, 15) is 8.78 Å². The number of halogens is 2.